The fourth-order valence-corrected chi connectivity index (χ4v) is 1.64. The lowest BCUT2D eigenvalue weighted by atomic mass is 10.2. The smallest absolute Gasteiger partial charge is 0.336 e. The van der Waals surface area contributed by atoms with E-state index in [-0.39, 0.29) is 11.4 Å². The van der Waals surface area contributed by atoms with Gasteiger partial charge in [-0.05, 0) is 24.3 Å². The summed E-state index contributed by atoms with van der Waals surface area (Å²) in [6.07, 6.45) is 0. The van der Waals surface area contributed by atoms with E-state index in [1.165, 1.54) is 13.2 Å². The van der Waals surface area contributed by atoms with Crippen molar-refractivity contribution in [2.24, 2.45) is 0 Å². The molecule has 0 fully saturated rings. The van der Waals surface area contributed by atoms with Crippen molar-refractivity contribution in [1.82, 2.24) is 0 Å². The van der Waals surface area contributed by atoms with Crippen LogP contribution in [0.1, 0.15) is 0 Å². The number of phenolic OH excluding ortho intramolecular Hbond substituents is 1. The number of hydrogen-bond acceptors (Lipinski definition) is 4. The molecule has 0 atom stereocenters. The van der Waals surface area contributed by atoms with Crippen LogP contribution < -0.4 is 10.4 Å². The number of hydrogen-bond donors (Lipinski definition) is 1. The van der Waals surface area contributed by atoms with Crippen LogP contribution in [-0.4, -0.2) is 12.2 Å². The van der Waals surface area contributed by atoms with Crippen LogP contribution in [0.15, 0.2) is 69.9 Å². The number of rotatable bonds is 1. The third kappa shape index (κ3) is 3.38. The second-order valence-electron chi connectivity index (χ2n) is 3.96. The molecule has 20 heavy (non-hydrogen) atoms. The fraction of sp³-hybridized carbons (Fsp3) is 0.0625. The van der Waals surface area contributed by atoms with Gasteiger partial charge in [-0.2, -0.15) is 0 Å². The summed E-state index contributed by atoms with van der Waals surface area (Å²) in [5.74, 6) is 0.692. The molecule has 4 heteroatoms. The molecule has 0 aliphatic carbocycles. The zero-order valence-corrected chi connectivity index (χ0v) is 10.9. The highest BCUT2D eigenvalue weighted by Gasteiger charge is 1.94. The number of phenols is 1. The lowest BCUT2D eigenvalue weighted by molar-refractivity contribution is 0.373. The van der Waals surface area contributed by atoms with Gasteiger partial charge < -0.3 is 14.3 Å². The Bertz CT molecular complexity index is 746. The van der Waals surface area contributed by atoms with Gasteiger partial charge in [0.2, 0.25) is 0 Å². The minimum Gasteiger partial charge on any atom is -0.504 e. The summed E-state index contributed by atoms with van der Waals surface area (Å²) in [4.78, 5) is 10.7. The average Bonchev–Trinajstić information content (AvgIpc) is 2.48. The van der Waals surface area contributed by atoms with Gasteiger partial charge in [-0.3, -0.25) is 0 Å². The van der Waals surface area contributed by atoms with Crippen LogP contribution in [0.25, 0.3) is 11.0 Å². The van der Waals surface area contributed by atoms with Crippen LogP contribution >= 0.6 is 0 Å². The Morgan fingerprint density at radius 2 is 1.65 bits per heavy atom. The van der Waals surface area contributed by atoms with Gasteiger partial charge in [0, 0.05) is 11.5 Å². The summed E-state index contributed by atoms with van der Waals surface area (Å²) < 4.78 is 9.70. The van der Waals surface area contributed by atoms with Crippen molar-refractivity contribution in [3.05, 3.63) is 71.1 Å². The van der Waals surface area contributed by atoms with Crippen molar-refractivity contribution in [3.8, 4) is 11.5 Å². The second kappa shape index (κ2) is 6.43. The first-order valence-electron chi connectivity index (χ1n) is 6.01. The van der Waals surface area contributed by atoms with Gasteiger partial charge in [0.1, 0.15) is 5.58 Å². The normalized spacial score (nSPS) is 9.65. The third-order valence-corrected chi connectivity index (χ3v) is 2.61. The summed E-state index contributed by atoms with van der Waals surface area (Å²) in [7, 11) is 1.52. The molecule has 1 heterocycles. The SMILES string of the molecule is COc1ccccc1O.O=c1ccc2ccccc2o1. The molecule has 0 unspecified atom stereocenters. The Morgan fingerprint density at radius 1 is 0.950 bits per heavy atom. The molecule has 0 saturated heterocycles. The summed E-state index contributed by atoms with van der Waals surface area (Å²) in [6, 6.07) is 17.4. The van der Waals surface area contributed by atoms with Crippen molar-refractivity contribution in [2.75, 3.05) is 7.11 Å². The monoisotopic (exact) mass is 270 g/mol. The Balaban J connectivity index is 0.000000151. The Hall–Kier alpha value is -2.75. The number of benzene rings is 2. The maximum atomic E-state index is 10.7. The molecule has 0 spiro atoms. The quantitative estimate of drug-likeness (QED) is 0.690. The van der Waals surface area contributed by atoms with Crippen LogP contribution in [0.3, 0.4) is 0 Å². The zero-order chi connectivity index (χ0) is 14.4. The van der Waals surface area contributed by atoms with Gasteiger partial charge >= 0.3 is 5.63 Å². The molecule has 1 N–H and O–H groups in total. The van der Waals surface area contributed by atoms with Gasteiger partial charge in [-0.15, -0.1) is 0 Å². The van der Waals surface area contributed by atoms with E-state index >= 15 is 0 Å². The van der Waals surface area contributed by atoms with E-state index in [1.807, 2.05) is 18.2 Å². The maximum Gasteiger partial charge on any atom is 0.336 e. The maximum absolute atomic E-state index is 10.7. The first kappa shape index (κ1) is 13.7. The molecule has 3 rings (SSSR count). The molecule has 0 aliphatic heterocycles. The van der Waals surface area contributed by atoms with Crippen LogP contribution in [0.2, 0.25) is 0 Å². The number of methoxy groups -OCH3 is 1. The average molecular weight is 270 g/mol. The van der Waals surface area contributed by atoms with Crippen molar-refractivity contribution in [1.29, 1.82) is 0 Å². The van der Waals surface area contributed by atoms with E-state index in [1.54, 1.807) is 36.4 Å². The standard InChI is InChI=1S/C9H6O2.C7H8O2/c10-9-6-5-7-3-1-2-4-8(7)11-9;1-9-7-5-3-2-4-6(7)8/h1-6H;2-5,8H,1H3. The minimum atomic E-state index is -0.302. The van der Waals surface area contributed by atoms with Crippen molar-refractivity contribution in [2.45, 2.75) is 0 Å². The topological polar surface area (TPSA) is 59.7 Å². The van der Waals surface area contributed by atoms with E-state index in [0.717, 1.165) is 5.39 Å². The van der Waals surface area contributed by atoms with E-state index < -0.39 is 0 Å². The molecule has 0 bridgehead atoms. The van der Waals surface area contributed by atoms with Gasteiger partial charge in [0.25, 0.3) is 0 Å². The van der Waals surface area contributed by atoms with Gasteiger partial charge in [0.05, 0.1) is 7.11 Å². The highest BCUT2D eigenvalue weighted by atomic mass is 16.5. The predicted octanol–water partition coefficient (Wildman–Crippen LogP) is 3.19. The van der Waals surface area contributed by atoms with Crippen LogP contribution in [0.4, 0.5) is 0 Å². The Labute approximate surface area is 115 Å². The first-order chi connectivity index (χ1) is 9.70. The van der Waals surface area contributed by atoms with Gasteiger partial charge in [0.15, 0.2) is 11.5 Å². The molecule has 102 valence electrons. The van der Waals surface area contributed by atoms with E-state index in [0.29, 0.717) is 11.3 Å². The van der Waals surface area contributed by atoms with Gasteiger partial charge in [-0.1, -0.05) is 30.3 Å². The summed E-state index contributed by atoms with van der Waals surface area (Å²) in [5, 5.41) is 9.94. The first-order valence-corrected chi connectivity index (χ1v) is 6.01. The molecular weight excluding hydrogens is 256 g/mol. The Morgan fingerprint density at radius 3 is 2.35 bits per heavy atom. The molecule has 2 aromatic carbocycles. The van der Waals surface area contributed by atoms with E-state index in [2.05, 4.69) is 0 Å². The third-order valence-electron chi connectivity index (χ3n) is 2.61. The lowest BCUT2D eigenvalue weighted by Crippen LogP contribution is -1.93. The van der Waals surface area contributed by atoms with E-state index in [9.17, 15) is 4.79 Å². The minimum absolute atomic E-state index is 0.181. The molecule has 1 aromatic heterocycles. The summed E-state index contributed by atoms with van der Waals surface area (Å²) in [5.41, 5.74) is 0.337. The molecule has 0 aliphatic rings. The van der Waals surface area contributed by atoms with Crippen LogP contribution in [-0.2, 0) is 0 Å². The number of para-hydroxylation sites is 3. The number of aromatic hydroxyl groups is 1. The lowest BCUT2D eigenvalue weighted by Gasteiger charge is -1.99. The van der Waals surface area contributed by atoms with Gasteiger partial charge in [-0.25, -0.2) is 4.79 Å². The van der Waals surface area contributed by atoms with Crippen LogP contribution in [0, 0.1) is 0 Å². The Kier molecular flexibility index (Phi) is 4.39. The summed E-state index contributed by atoms with van der Waals surface area (Å²) in [6.45, 7) is 0. The molecule has 4 nitrogen and oxygen atoms in total. The van der Waals surface area contributed by atoms with Crippen LogP contribution in [0.5, 0.6) is 11.5 Å². The highest BCUT2D eigenvalue weighted by Crippen LogP contribution is 2.23. The van der Waals surface area contributed by atoms with Crippen molar-refractivity contribution in [3.63, 3.8) is 0 Å². The molecular formula is C16H14O4. The number of fused-ring (bicyclic) bond motifs is 1. The number of ether oxygens (including phenoxy) is 1. The molecule has 0 radical (unpaired) electrons. The molecule has 3 aromatic rings. The zero-order valence-electron chi connectivity index (χ0n) is 10.9. The van der Waals surface area contributed by atoms with E-state index in [4.69, 9.17) is 14.3 Å². The van der Waals surface area contributed by atoms with Crippen molar-refractivity contribution >= 4 is 11.0 Å². The largest absolute Gasteiger partial charge is 0.504 e. The predicted molar refractivity (Wildman–Crippen MR) is 77.1 cm³/mol. The fourth-order valence-electron chi connectivity index (χ4n) is 1.64. The molecule has 0 saturated carbocycles. The van der Waals surface area contributed by atoms with Crippen molar-refractivity contribution < 1.29 is 14.3 Å². The molecule has 0 amide bonds. The summed E-state index contributed by atoms with van der Waals surface area (Å²) >= 11 is 0. The second-order valence-corrected chi connectivity index (χ2v) is 3.96. The highest BCUT2D eigenvalue weighted by molar-refractivity contribution is 5.75.